The zero-order chi connectivity index (χ0) is 21.8. The number of hydrogen-bond donors (Lipinski definition) is 1. The molecule has 7 heteroatoms. The molecule has 0 radical (unpaired) electrons. The van der Waals surface area contributed by atoms with Gasteiger partial charge in [-0.3, -0.25) is 9.88 Å². The van der Waals surface area contributed by atoms with E-state index < -0.39 is 0 Å². The van der Waals surface area contributed by atoms with Crippen LogP contribution in [-0.2, 0) is 4.74 Å². The highest BCUT2D eigenvalue weighted by Gasteiger charge is 2.40. The van der Waals surface area contributed by atoms with Crippen LogP contribution in [0.3, 0.4) is 0 Å². The van der Waals surface area contributed by atoms with Crippen LogP contribution >= 0.6 is 12.2 Å². The van der Waals surface area contributed by atoms with Crippen molar-refractivity contribution in [2.45, 2.75) is 56.7 Å². The van der Waals surface area contributed by atoms with Crippen LogP contribution in [0.4, 0.5) is 0 Å². The van der Waals surface area contributed by atoms with Gasteiger partial charge in [0.1, 0.15) is 0 Å². The molecule has 2 aromatic heterocycles. The van der Waals surface area contributed by atoms with Gasteiger partial charge in [-0.15, -0.1) is 0 Å². The normalized spacial score (nSPS) is 25.2. The first-order chi connectivity index (χ1) is 15.8. The van der Waals surface area contributed by atoms with E-state index in [0.717, 1.165) is 56.6 Å². The van der Waals surface area contributed by atoms with Crippen LogP contribution in [0.25, 0.3) is 0 Å². The van der Waals surface area contributed by atoms with Crippen molar-refractivity contribution in [3.8, 4) is 0 Å². The maximum atomic E-state index is 5.84. The quantitative estimate of drug-likeness (QED) is 0.638. The summed E-state index contributed by atoms with van der Waals surface area (Å²) in [5, 5.41) is 4.44. The third-order valence-electron chi connectivity index (χ3n) is 7.25. The maximum Gasteiger partial charge on any atom is 0.170 e. The Bertz CT molecular complexity index is 875. The molecule has 0 spiro atoms. The number of rotatable bonds is 7. The number of thiocarbonyl (C=S) groups is 1. The van der Waals surface area contributed by atoms with E-state index in [1.165, 1.54) is 37.7 Å². The van der Waals surface area contributed by atoms with Gasteiger partial charge in [0.2, 0.25) is 0 Å². The molecule has 3 fully saturated rings. The molecule has 0 amide bonds. The minimum Gasteiger partial charge on any atom is -0.379 e. The molecule has 172 valence electrons. The van der Waals surface area contributed by atoms with Crippen molar-refractivity contribution in [3.05, 3.63) is 54.1 Å². The van der Waals surface area contributed by atoms with Crippen LogP contribution in [0.2, 0.25) is 0 Å². The molecule has 3 aliphatic rings. The topological polar surface area (TPSA) is 45.6 Å². The molecule has 5 rings (SSSR count). The molecule has 1 aliphatic carbocycles. The second-order valence-corrected chi connectivity index (χ2v) is 9.70. The highest BCUT2D eigenvalue weighted by Crippen LogP contribution is 2.39. The predicted molar refractivity (Wildman–Crippen MR) is 131 cm³/mol. The largest absolute Gasteiger partial charge is 0.379 e. The lowest BCUT2D eigenvalue weighted by Crippen LogP contribution is -2.38. The van der Waals surface area contributed by atoms with Gasteiger partial charge in [0, 0.05) is 50.8 Å². The van der Waals surface area contributed by atoms with Crippen molar-refractivity contribution < 1.29 is 4.74 Å². The fourth-order valence-corrected chi connectivity index (χ4v) is 5.84. The first kappa shape index (κ1) is 21.9. The molecule has 32 heavy (non-hydrogen) atoms. The summed E-state index contributed by atoms with van der Waals surface area (Å²) in [5.74, 6) is 0. The Hall–Kier alpha value is -1.96. The van der Waals surface area contributed by atoms with Crippen molar-refractivity contribution in [1.29, 1.82) is 0 Å². The zero-order valence-corrected chi connectivity index (χ0v) is 19.7. The lowest BCUT2D eigenvalue weighted by Gasteiger charge is -2.30. The predicted octanol–water partition coefficient (Wildman–Crippen LogP) is 4.08. The Morgan fingerprint density at radius 3 is 2.69 bits per heavy atom. The number of hydrogen-bond acceptors (Lipinski definition) is 4. The van der Waals surface area contributed by atoms with Gasteiger partial charge in [-0.2, -0.15) is 0 Å². The van der Waals surface area contributed by atoms with Crippen LogP contribution in [-0.4, -0.2) is 63.9 Å². The Morgan fingerprint density at radius 1 is 1.06 bits per heavy atom. The third kappa shape index (κ3) is 4.85. The molecule has 6 nitrogen and oxygen atoms in total. The fourth-order valence-electron chi connectivity index (χ4n) is 5.51. The number of ether oxygens (including phenoxy) is 1. The first-order valence-corrected chi connectivity index (χ1v) is 12.7. The van der Waals surface area contributed by atoms with E-state index in [2.05, 4.69) is 55.3 Å². The van der Waals surface area contributed by atoms with E-state index in [9.17, 15) is 0 Å². The summed E-state index contributed by atoms with van der Waals surface area (Å²) in [5.41, 5.74) is 2.39. The van der Waals surface area contributed by atoms with Crippen molar-refractivity contribution in [2.24, 2.45) is 0 Å². The zero-order valence-electron chi connectivity index (χ0n) is 18.9. The van der Waals surface area contributed by atoms with Crippen LogP contribution in [0.15, 0.2) is 42.9 Å². The Balaban J connectivity index is 1.35. The van der Waals surface area contributed by atoms with Crippen molar-refractivity contribution >= 4 is 17.3 Å². The van der Waals surface area contributed by atoms with E-state index in [1.807, 2.05) is 12.3 Å². The smallest absolute Gasteiger partial charge is 0.170 e. The third-order valence-corrected chi connectivity index (χ3v) is 7.60. The summed E-state index contributed by atoms with van der Waals surface area (Å²) in [7, 11) is 0. The molecule has 4 heterocycles. The average molecular weight is 454 g/mol. The van der Waals surface area contributed by atoms with Gasteiger partial charge in [-0.25, -0.2) is 0 Å². The van der Waals surface area contributed by atoms with Crippen molar-refractivity contribution in [3.63, 3.8) is 0 Å². The lowest BCUT2D eigenvalue weighted by molar-refractivity contribution is 0.0365. The van der Waals surface area contributed by atoms with E-state index in [1.54, 1.807) is 0 Å². The van der Waals surface area contributed by atoms with Gasteiger partial charge in [0.05, 0.1) is 31.0 Å². The molecule has 0 bridgehead atoms. The molecule has 0 aromatic carbocycles. The second-order valence-electron chi connectivity index (χ2n) is 9.31. The molecule has 2 aliphatic heterocycles. The van der Waals surface area contributed by atoms with Crippen molar-refractivity contribution in [1.82, 2.24) is 24.7 Å². The minimum absolute atomic E-state index is 0.0780. The summed E-state index contributed by atoms with van der Waals surface area (Å²) in [6.45, 7) is 5.81. The average Bonchev–Trinajstić information content (AvgIpc) is 3.46. The number of nitrogens with one attached hydrogen (secondary N) is 1. The van der Waals surface area contributed by atoms with Gasteiger partial charge in [0.25, 0.3) is 0 Å². The Labute approximate surface area is 196 Å². The van der Waals surface area contributed by atoms with Gasteiger partial charge in [-0.05, 0) is 55.2 Å². The SMILES string of the molecule is S=C1N[C@H](c2ccccn2)[C@@H](c2ccn(C3CCCCC3)c2)N1CCCN1CCOCC1. The highest BCUT2D eigenvalue weighted by atomic mass is 32.1. The van der Waals surface area contributed by atoms with E-state index >= 15 is 0 Å². The van der Waals surface area contributed by atoms with Crippen LogP contribution < -0.4 is 5.32 Å². The minimum atomic E-state index is 0.0780. The Morgan fingerprint density at radius 2 is 1.91 bits per heavy atom. The standard InChI is InChI=1S/C25H35N5OS/c32-25-27-23(22-9-4-5-11-26-22)24(30(25)13-6-12-28-15-17-31-18-16-28)20-10-14-29(19-20)21-7-2-1-3-8-21/h4-5,9-11,14,19,21,23-24H,1-3,6-8,12-13,15-18H2,(H,27,32)/t23-,24-/m1/s1. The monoisotopic (exact) mass is 453 g/mol. The lowest BCUT2D eigenvalue weighted by atomic mass is 9.95. The van der Waals surface area contributed by atoms with Gasteiger partial charge in [0.15, 0.2) is 5.11 Å². The molecule has 0 unspecified atom stereocenters. The molecule has 1 N–H and O–H groups in total. The summed E-state index contributed by atoms with van der Waals surface area (Å²) >= 11 is 5.84. The van der Waals surface area contributed by atoms with E-state index in [0.29, 0.717) is 6.04 Å². The van der Waals surface area contributed by atoms with Crippen LogP contribution in [0, 0.1) is 0 Å². The van der Waals surface area contributed by atoms with E-state index in [4.69, 9.17) is 17.0 Å². The van der Waals surface area contributed by atoms with Gasteiger partial charge < -0.3 is 19.5 Å². The summed E-state index contributed by atoms with van der Waals surface area (Å²) in [6.07, 6.45) is 14.3. The van der Waals surface area contributed by atoms with E-state index in [-0.39, 0.29) is 12.1 Å². The summed E-state index contributed by atoms with van der Waals surface area (Å²) in [6, 6.07) is 9.36. The molecular formula is C25H35N5OS. The number of morpholine rings is 1. The van der Waals surface area contributed by atoms with Gasteiger partial charge in [-0.1, -0.05) is 25.3 Å². The number of nitrogens with zero attached hydrogens (tertiary/aromatic N) is 4. The molecule has 2 atom stereocenters. The van der Waals surface area contributed by atoms with Crippen LogP contribution in [0.5, 0.6) is 0 Å². The summed E-state index contributed by atoms with van der Waals surface area (Å²) < 4.78 is 7.95. The molecule has 2 saturated heterocycles. The highest BCUT2D eigenvalue weighted by molar-refractivity contribution is 7.80. The molecular weight excluding hydrogens is 418 g/mol. The number of pyridine rings is 1. The molecule has 2 aromatic rings. The summed E-state index contributed by atoms with van der Waals surface area (Å²) in [4.78, 5) is 9.58. The first-order valence-electron chi connectivity index (χ1n) is 12.2. The second kappa shape index (κ2) is 10.3. The Kier molecular flexibility index (Phi) is 7.05. The van der Waals surface area contributed by atoms with Gasteiger partial charge >= 0.3 is 0 Å². The maximum absolute atomic E-state index is 5.84. The molecule has 1 saturated carbocycles. The van der Waals surface area contributed by atoms with Crippen molar-refractivity contribution in [2.75, 3.05) is 39.4 Å². The number of aromatic nitrogens is 2. The van der Waals surface area contributed by atoms with Crippen LogP contribution in [0.1, 0.15) is 67.9 Å². The fraction of sp³-hybridized carbons (Fsp3) is 0.600.